The van der Waals surface area contributed by atoms with Crippen LogP contribution < -0.4 is 10.5 Å². The van der Waals surface area contributed by atoms with E-state index in [-0.39, 0.29) is 17.3 Å². The molecule has 2 atom stereocenters. The summed E-state index contributed by atoms with van der Waals surface area (Å²) in [6.45, 7) is 4.94. The minimum Gasteiger partial charge on any atom is -0.493 e. The van der Waals surface area contributed by atoms with Gasteiger partial charge in [-0.15, -0.1) is 0 Å². The van der Waals surface area contributed by atoms with Crippen LogP contribution in [0.2, 0.25) is 0 Å². The molecule has 2 nitrogen and oxygen atoms in total. The Morgan fingerprint density at radius 1 is 1.44 bits per heavy atom. The highest BCUT2D eigenvalue weighted by molar-refractivity contribution is 5.22. The third kappa shape index (κ3) is 2.19. The van der Waals surface area contributed by atoms with Gasteiger partial charge in [0.2, 0.25) is 0 Å². The van der Waals surface area contributed by atoms with Gasteiger partial charge in [-0.3, -0.25) is 0 Å². The molecule has 2 rings (SSSR count). The first kappa shape index (κ1) is 11.4. The van der Waals surface area contributed by atoms with E-state index in [0.29, 0.717) is 18.3 Å². The third-order valence-electron chi connectivity index (χ3n) is 3.63. The molecule has 0 radical (unpaired) electrons. The zero-order valence-electron chi connectivity index (χ0n) is 9.74. The summed E-state index contributed by atoms with van der Waals surface area (Å²) in [5.41, 5.74) is 6.17. The Morgan fingerprint density at radius 3 is 2.69 bits per heavy atom. The van der Waals surface area contributed by atoms with Gasteiger partial charge >= 0.3 is 0 Å². The van der Waals surface area contributed by atoms with Crippen molar-refractivity contribution in [1.29, 1.82) is 0 Å². The Labute approximate surface area is 95.6 Å². The molecule has 1 fully saturated rings. The number of benzene rings is 1. The van der Waals surface area contributed by atoms with Crippen LogP contribution in [0.1, 0.15) is 20.3 Å². The summed E-state index contributed by atoms with van der Waals surface area (Å²) in [7, 11) is 0. The van der Waals surface area contributed by atoms with Gasteiger partial charge in [0.1, 0.15) is 11.6 Å². The molecular formula is C13H18FNO. The molecule has 3 heteroatoms. The van der Waals surface area contributed by atoms with E-state index in [9.17, 15) is 4.39 Å². The van der Waals surface area contributed by atoms with Gasteiger partial charge < -0.3 is 10.5 Å². The summed E-state index contributed by atoms with van der Waals surface area (Å²) in [5, 5.41) is 0. The van der Waals surface area contributed by atoms with Gasteiger partial charge in [0.25, 0.3) is 0 Å². The number of halogens is 1. The van der Waals surface area contributed by atoms with E-state index in [1.165, 1.54) is 12.1 Å². The zero-order chi connectivity index (χ0) is 11.8. The lowest BCUT2D eigenvalue weighted by Crippen LogP contribution is -2.07. The second-order valence-corrected chi connectivity index (χ2v) is 5.05. The highest BCUT2D eigenvalue weighted by atomic mass is 19.1. The van der Waals surface area contributed by atoms with Gasteiger partial charge in [-0.2, -0.15) is 0 Å². The SMILES string of the molecule is CC1(C)[C@H](N)[C@H]1CCOc1cccc(F)c1. The van der Waals surface area contributed by atoms with Crippen LogP contribution in [0.5, 0.6) is 5.75 Å². The second kappa shape index (κ2) is 4.06. The molecule has 1 aliphatic rings. The van der Waals surface area contributed by atoms with Crippen molar-refractivity contribution in [1.82, 2.24) is 0 Å². The third-order valence-corrected chi connectivity index (χ3v) is 3.63. The fourth-order valence-electron chi connectivity index (χ4n) is 2.20. The summed E-state index contributed by atoms with van der Waals surface area (Å²) >= 11 is 0. The second-order valence-electron chi connectivity index (χ2n) is 5.05. The van der Waals surface area contributed by atoms with Crippen LogP contribution in [0.3, 0.4) is 0 Å². The van der Waals surface area contributed by atoms with E-state index < -0.39 is 0 Å². The predicted molar refractivity (Wildman–Crippen MR) is 61.8 cm³/mol. The van der Waals surface area contributed by atoms with Crippen LogP contribution in [-0.2, 0) is 0 Å². The van der Waals surface area contributed by atoms with E-state index in [1.54, 1.807) is 12.1 Å². The van der Waals surface area contributed by atoms with E-state index in [0.717, 1.165) is 6.42 Å². The quantitative estimate of drug-likeness (QED) is 0.851. The predicted octanol–water partition coefficient (Wildman–Crippen LogP) is 2.58. The molecule has 1 aromatic rings. The first-order valence-electron chi connectivity index (χ1n) is 5.66. The molecule has 2 N–H and O–H groups in total. The molecule has 0 heterocycles. The zero-order valence-corrected chi connectivity index (χ0v) is 9.74. The maximum atomic E-state index is 12.9. The lowest BCUT2D eigenvalue weighted by Gasteiger charge is -2.06. The Kier molecular flexibility index (Phi) is 2.89. The molecule has 0 aromatic heterocycles. The van der Waals surface area contributed by atoms with E-state index in [2.05, 4.69) is 13.8 Å². The van der Waals surface area contributed by atoms with E-state index in [1.807, 2.05) is 0 Å². The average Bonchev–Trinajstić information content (AvgIpc) is 2.68. The molecule has 0 amide bonds. The van der Waals surface area contributed by atoms with Gasteiger partial charge in [-0.25, -0.2) is 4.39 Å². The highest BCUT2D eigenvalue weighted by Crippen LogP contribution is 2.52. The van der Waals surface area contributed by atoms with Crippen molar-refractivity contribution in [2.24, 2.45) is 17.1 Å². The van der Waals surface area contributed by atoms with Crippen LogP contribution in [0.4, 0.5) is 4.39 Å². The Morgan fingerprint density at radius 2 is 2.12 bits per heavy atom. The minimum absolute atomic E-state index is 0.241. The van der Waals surface area contributed by atoms with Crippen molar-refractivity contribution in [2.75, 3.05) is 6.61 Å². The summed E-state index contributed by atoms with van der Waals surface area (Å²) < 4.78 is 18.3. The van der Waals surface area contributed by atoms with Crippen molar-refractivity contribution >= 4 is 0 Å². The maximum absolute atomic E-state index is 12.9. The lowest BCUT2D eigenvalue weighted by molar-refractivity contribution is 0.291. The van der Waals surface area contributed by atoms with E-state index >= 15 is 0 Å². The van der Waals surface area contributed by atoms with Gasteiger partial charge in [0, 0.05) is 12.1 Å². The lowest BCUT2D eigenvalue weighted by atomic mass is 10.1. The minimum atomic E-state index is -0.263. The van der Waals surface area contributed by atoms with Crippen LogP contribution in [0.25, 0.3) is 0 Å². The smallest absolute Gasteiger partial charge is 0.126 e. The standard InChI is InChI=1S/C13H18FNO/c1-13(2)11(12(13)15)6-7-16-10-5-3-4-9(14)8-10/h3-5,8,11-12H,6-7,15H2,1-2H3/t11-,12-/m1/s1. The maximum Gasteiger partial charge on any atom is 0.126 e. The van der Waals surface area contributed by atoms with E-state index in [4.69, 9.17) is 10.5 Å². The monoisotopic (exact) mass is 223 g/mol. The van der Waals surface area contributed by atoms with Crippen molar-refractivity contribution in [3.8, 4) is 5.75 Å². The summed E-state index contributed by atoms with van der Waals surface area (Å²) in [5.74, 6) is 0.856. The van der Waals surface area contributed by atoms with Gasteiger partial charge in [0.15, 0.2) is 0 Å². The molecule has 16 heavy (non-hydrogen) atoms. The molecule has 88 valence electrons. The Balaban J connectivity index is 1.77. The summed E-state index contributed by atoms with van der Waals surface area (Å²) in [6, 6.07) is 6.51. The van der Waals surface area contributed by atoms with Gasteiger partial charge in [-0.05, 0) is 29.9 Å². The Bertz CT molecular complexity index is 378. The number of rotatable bonds is 4. The van der Waals surface area contributed by atoms with Crippen LogP contribution >= 0.6 is 0 Å². The summed E-state index contributed by atoms with van der Waals surface area (Å²) in [6.07, 6.45) is 0.935. The normalized spacial score (nSPS) is 26.5. The molecule has 0 bridgehead atoms. The van der Waals surface area contributed by atoms with Gasteiger partial charge in [-0.1, -0.05) is 19.9 Å². The largest absolute Gasteiger partial charge is 0.493 e. The molecule has 0 aliphatic heterocycles. The number of hydrogen-bond acceptors (Lipinski definition) is 2. The van der Waals surface area contributed by atoms with Crippen molar-refractivity contribution in [3.05, 3.63) is 30.1 Å². The number of hydrogen-bond donors (Lipinski definition) is 1. The van der Waals surface area contributed by atoms with Gasteiger partial charge in [0.05, 0.1) is 6.61 Å². The van der Waals surface area contributed by atoms with Crippen molar-refractivity contribution in [2.45, 2.75) is 26.3 Å². The highest BCUT2D eigenvalue weighted by Gasteiger charge is 2.54. The molecular weight excluding hydrogens is 205 g/mol. The molecule has 0 spiro atoms. The molecule has 0 unspecified atom stereocenters. The number of ether oxygens (including phenoxy) is 1. The molecule has 1 aromatic carbocycles. The van der Waals surface area contributed by atoms with Crippen LogP contribution in [-0.4, -0.2) is 12.6 Å². The first-order chi connectivity index (χ1) is 7.51. The summed E-state index contributed by atoms with van der Waals surface area (Å²) in [4.78, 5) is 0. The molecule has 1 saturated carbocycles. The molecule has 0 saturated heterocycles. The first-order valence-corrected chi connectivity index (χ1v) is 5.66. The molecule has 1 aliphatic carbocycles. The van der Waals surface area contributed by atoms with Crippen LogP contribution in [0, 0.1) is 17.2 Å². The fraction of sp³-hybridized carbons (Fsp3) is 0.538. The average molecular weight is 223 g/mol. The fourth-order valence-corrected chi connectivity index (χ4v) is 2.20. The number of nitrogens with two attached hydrogens (primary N) is 1. The van der Waals surface area contributed by atoms with Crippen molar-refractivity contribution < 1.29 is 9.13 Å². The van der Waals surface area contributed by atoms with Crippen LogP contribution in [0.15, 0.2) is 24.3 Å². The van der Waals surface area contributed by atoms with Crippen molar-refractivity contribution in [3.63, 3.8) is 0 Å². The topological polar surface area (TPSA) is 35.2 Å². The Hall–Kier alpha value is -1.09.